The van der Waals surface area contributed by atoms with Crippen molar-refractivity contribution in [3.63, 3.8) is 0 Å². The number of rotatable bonds is 3. The highest BCUT2D eigenvalue weighted by atomic mass is 16.6. The third-order valence-electron chi connectivity index (χ3n) is 3.60. The Kier molecular flexibility index (Phi) is 4.81. The summed E-state index contributed by atoms with van der Waals surface area (Å²) in [4.78, 5) is 12.3. The molecule has 0 saturated carbocycles. The number of esters is 1. The molecule has 0 amide bonds. The Labute approximate surface area is 121 Å². The van der Waals surface area contributed by atoms with Crippen LogP contribution < -0.4 is 5.32 Å². The number of piperidine rings is 1. The van der Waals surface area contributed by atoms with Gasteiger partial charge >= 0.3 is 5.97 Å². The Balaban J connectivity index is 2.11. The fraction of sp³-hybridized carbons (Fsp3) is 0.588. The van der Waals surface area contributed by atoms with Gasteiger partial charge in [0.05, 0.1) is 5.56 Å². The predicted octanol–water partition coefficient (Wildman–Crippen LogP) is 3.18. The van der Waals surface area contributed by atoms with Crippen molar-refractivity contribution in [1.29, 1.82) is 0 Å². The first-order chi connectivity index (χ1) is 9.46. The second kappa shape index (κ2) is 6.40. The second-order valence-corrected chi connectivity index (χ2v) is 6.56. The number of carbonyl (C=O) groups is 1. The van der Waals surface area contributed by atoms with E-state index in [-0.39, 0.29) is 5.97 Å². The third kappa shape index (κ3) is 4.34. The van der Waals surface area contributed by atoms with Crippen molar-refractivity contribution >= 4 is 5.97 Å². The molecule has 110 valence electrons. The van der Waals surface area contributed by atoms with Gasteiger partial charge < -0.3 is 10.1 Å². The largest absolute Gasteiger partial charge is 0.456 e. The molecule has 3 nitrogen and oxygen atoms in total. The molecule has 3 heteroatoms. The van der Waals surface area contributed by atoms with Crippen LogP contribution in [0.2, 0.25) is 0 Å². The second-order valence-electron chi connectivity index (χ2n) is 6.56. The predicted molar refractivity (Wildman–Crippen MR) is 80.9 cm³/mol. The summed E-state index contributed by atoms with van der Waals surface area (Å²) in [6, 6.07) is 7.85. The highest BCUT2D eigenvalue weighted by Crippen LogP contribution is 2.22. The fourth-order valence-electron chi connectivity index (χ4n) is 2.63. The van der Waals surface area contributed by atoms with Crippen LogP contribution in [0.4, 0.5) is 0 Å². The minimum Gasteiger partial charge on any atom is -0.456 e. The highest BCUT2D eigenvalue weighted by molar-refractivity contribution is 5.91. The van der Waals surface area contributed by atoms with Crippen LogP contribution in [0.5, 0.6) is 0 Å². The molecule has 0 spiro atoms. The average molecular weight is 275 g/mol. The van der Waals surface area contributed by atoms with Crippen molar-refractivity contribution in [1.82, 2.24) is 5.32 Å². The molecule has 0 unspecified atom stereocenters. The van der Waals surface area contributed by atoms with Crippen LogP contribution in [0.1, 0.15) is 49.5 Å². The molecule has 1 aromatic rings. The van der Waals surface area contributed by atoms with Crippen molar-refractivity contribution < 1.29 is 9.53 Å². The van der Waals surface area contributed by atoms with Gasteiger partial charge in [-0.1, -0.05) is 18.2 Å². The van der Waals surface area contributed by atoms with Crippen LogP contribution in [0.3, 0.4) is 0 Å². The Morgan fingerprint density at radius 1 is 1.25 bits per heavy atom. The van der Waals surface area contributed by atoms with E-state index >= 15 is 0 Å². The maximum atomic E-state index is 12.3. The maximum Gasteiger partial charge on any atom is 0.338 e. The molecule has 1 aromatic carbocycles. The van der Waals surface area contributed by atoms with Gasteiger partial charge in [-0.3, -0.25) is 0 Å². The van der Waals surface area contributed by atoms with E-state index in [2.05, 4.69) is 11.4 Å². The molecular formula is C17H25NO2. The van der Waals surface area contributed by atoms with Crippen LogP contribution >= 0.6 is 0 Å². The molecule has 1 aliphatic heterocycles. The number of hydrogen-bond donors (Lipinski definition) is 1. The Hall–Kier alpha value is -1.35. The average Bonchev–Trinajstić information content (AvgIpc) is 2.38. The van der Waals surface area contributed by atoms with Crippen molar-refractivity contribution in [2.24, 2.45) is 5.92 Å². The topological polar surface area (TPSA) is 38.3 Å². The molecule has 0 radical (unpaired) electrons. The van der Waals surface area contributed by atoms with E-state index in [0.29, 0.717) is 5.92 Å². The zero-order valence-corrected chi connectivity index (χ0v) is 12.7. The van der Waals surface area contributed by atoms with E-state index in [4.69, 9.17) is 4.74 Å². The summed E-state index contributed by atoms with van der Waals surface area (Å²) in [6.45, 7) is 7.87. The summed E-state index contributed by atoms with van der Waals surface area (Å²) in [5.41, 5.74) is 1.40. The van der Waals surface area contributed by atoms with Gasteiger partial charge in [0.25, 0.3) is 0 Å². The van der Waals surface area contributed by atoms with E-state index in [0.717, 1.165) is 30.6 Å². The lowest BCUT2D eigenvalue weighted by molar-refractivity contribution is 0.00681. The molecule has 20 heavy (non-hydrogen) atoms. The molecule has 1 heterocycles. The number of nitrogens with one attached hydrogen (secondary N) is 1. The lowest BCUT2D eigenvalue weighted by Crippen LogP contribution is -2.29. The quantitative estimate of drug-likeness (QED) is 0.861. The molecule has 1 aliphatic rings. The molecule has 1 N–H and O–H groups in total. The van der Waals surface area contributed by atoms with Crippen LogP contribution in [-0.2, 0) is 11.2 Å². The van der Waals surface area contributed by atoms with Gasteiger partial charge in [0.1, 0.15) is 5.60 Å². The fourth-order valence-corrected chi connectivity index (χ4v) is 2.63. The molecule has 0 aliphatic carbocycles. The number of ether oxygens (including phenoxy) is 1. The summed E-state index contributed by atoms with van der Waals surface area (Å²) < 4.78 is 5.50. The van der Waals surface area contributed by atoms with Crippen LogP contribution in [-0.4, -0.2) is 24.7 Å². The minimum absolute atomic E-state index is 0.206. The highest BCUT2D eigenvalue weighted by Gasteiger charge is 2.22. The van der Waals surface area contributed by atoms with Crippen LogP contribution in [0.15, 0.2) is 24.3 Å². The monoisotopic (exact) mass is 275 g/mol. The first kappa shape index (κ1) is 15.0. The SMILES string of the molecule is CC(C)(C)OC(=O)c1ccccc1CC1CCNCC1. The summed E-state index contributed by atoms with van der Waals surface area (Å²) in [5.74, 6) is 0.460. The Bertz CT molecular complexity index is 456. The van der Waals surface area contributed by atoms with Gasteiger partial charge in [0, 0.05) is 0 Å². The third-order valence-corrected chi connectivity index (χ3v) is 3.60. The molecule has 2 rings (SSSR count). The van der Waals surface area contributed by atoms with E-state index in [1.165, 1.54) is 12.8 Å². The lowest BCUT2D eigenvalue weighted by atomic mass is 9.89. The molecule has 0 aromatic heterocycles. The summed E-state index contributed by atoms with van der Waals surface area (Å²) in [6.07, 6.45) is 3.34. The smallest absolute Gasteiger partial charge is 0.338 e. The Morgan fingerprint density at radius 3 is 2.55 bits per heavy atom. The zero-order valence-electron chi connectivity index (χ0n) is 12.7. The normalized spacial score (nSPS) is 16.9. The summed E-state index contributed by atoms with van der Waals surface area (Å²) >= 11 is 0. The van der Waals surface area contributed by atoms with Gasteiger partial charge in [-0.25, -0.2) is 4.79 Å². The van der Waals surface area contributed by atoms with E-state index in [1.807, 2.05) is 39.0 Å². The van der Waals surface area contributed by atoms with E-state index in [1.54, 1.807) is 0 Å². The summed E-state index contributed by atoms with van der Waals surface area (Å²) in [5, 5.41) is 3.38. The van der Waals surface area contributed by atoms with Gasteiger partial charge in [-0.05, 0) is 70.7 Å². The zero-order chi connectivity index (χ0) is 14.6. The van der Waals surface area contributed by atoms with E-state index in [9.17, 15) is 4.79 Å². The lowest BCUT2D eigenvalue weighted by Gasteiger charge is -2.24. The van der Waals surface area contributed by atoms with Crippen molar-refractivity contribution in [2.75, 3.05) is 13.1 Å². The number of benzene rings is 1. The van der Waals surface area contributed by atoms with Gasteiger partial charge in [-0.15, -0.1) is 0 Å². The number of carbonyl (C=O) groups excluding carboxylic acids is 1. The molecular weight excluding hydrogens is 250 g/mol. The van der Waals surface area contributed by atoms with Gasteiger partial charge in [-0.2, -0.15) is 0 Å². The first-order valence-electron chi connectivity index (χ1n) is 7.48. The van der Waals surface area contributed by atoms with Crippen LogP contribution in [0.25, 0.3) is 0 Å². The van der Waals surface area contributed by atoms with Crippen LogP contribution in [0, 0.1) is 5.92 Å². The Morgan fingerprint density at radius 2 is 1.90 bits per heavy atom. The summed E-state index contributed by atoms with van der Waals surface area (Å²) in [7, 11) is 0. The van der Waals surface area contributed by atoms with E-state index < -0.39 is 5.60 Å². The first-order valence-corrected chi connectivity index (χ1v) is 7.48. The van der Waals surface area contributed by atoms with Crippen molar-refractivity contribution in [2.45, 2.75) is 45.6 Å². The van der Waals surface area contributed by atoms with Gasteiger partial charge in [0.15, 0.2) is 0 Å². The van der Waals surface area contributed by atoms with Crippen molar-refractivity contribution in [3.8, 4) is 0 Å². The molecule has 0 atom stereocenters. The van der Waals surface area contributed by atoms with Gasteiger partial charge in [0.2, 0.25) is 0 Å². The standard InChI is InChI=1S/C17H25NO2/c1-17(2,3)20-16(19)15-7-5-4-6-14(15)12-13-8-10-18-11-9-13/h4-7,13,18H,8-12H2,1-3H3. The molecule has 1 saturated heterocycles. The maximum absolute atomic E-state index is 12.3. The minimum atomic E-state index is -0.445. The number of hydrogen-bond acceptors (Lipinski definition) is 3. The molecule has 1 fully saturated rings. The van der Waals surface area contributed by atoms with Crippen molar-refractivity contribution in [3.05, 3.63) is 35.4 Å². The molecule has 0 bridgehead atoms.